The molecule has 0 bridgehead atoms. The third kappa shape index (κ3) is 3.31. The first kappa shape index (κ1) is 15.6. The van der Waals surface area contributed by atoms with Gasteiger partial charge in [0.25, 0.3) is 5.91 Å². The maximum Gasteiger partial charge on any atom is 0.291 e. The summed E-state index contributed by atoms with van der Waals surface area (Å²) in [4.78, 5) is 17.1. The number of carbonyl (C=O) groups excluding carboxylic acids is 1. The minimum Gasteiger partial charge on any atom is -0.347 e. The Morgan fingerprint density at radius 2 is 1.60 bits per heavy atom. The van der Waals surface area contributed by atoms with Crippen LogP contribution in [0.1, 0.15) is 36.3 Å². The van der Waals surface area contributed by atoms with Crippen molar-refractivity contribution in [3.63, 3.8) is 0 Å². The molecule has 1 aliphatic rings. The van der Waals surface area contributed by atoms with Gasteiger partial charge < -0.3 is 5.32 Å². The quantitative estimate of drug-likeness (QED) is 0.794. The summed E-state index contributed by atoms with van der Waals surface area (Å²) in [6.45, 7) is 0. The lowest BCUT2D eigenvalue weighted by atomic mass is 10.2. The smallest absolute Gasteiger partial charge is 0.291 e. The number of amides is 1. The molecule has 1 amide bonds. The molecule has 1 heterocycles. The molecule has 1 saturated carbocycles. The van der Waals surface area contributed by atoms with Crippen molar-refractivity contribution < 1.29 is 4.79 Å². The minimum absolute atomic E-state index is 0.196. The third-order valence-corrected chi connectivity index (χ3v) is 4.53. The zero-order valence-corrected chi connectivity index (χ0v) is 13.9. The van der Waals surface area contributed by atoms with Gasteiger partial charge in [-0.05, 0) is 25.0 Å². The zero-order chi connectivity index (χ0) is 17.1. The number of hydrogen-bond acceptors (Lipinski definition) is 3. The second-order valence-electron chi connectivity index (χ2n) is 6.33. The van der Waals surface area contributed by atoms with Crippen molar-refractivity contribution in [3.8, 4) is 17.1 Å². The molecule has 0 aliphatic heterocycles. The monoisotopic (exact) mass is 332 g/mol. The Kier molecular flexibility index (Phi) is 4.29. The number of rotatable bonds is 4. The lowest BCUT2D eigenvalue weighted by molar-refractivity contribution is 0.0927. The summed E-state index contributed by atoms with van der Waals surface area (Å²) in [6, 6.07) is 19.8. The third-order valence-electron chi connectivity index (χ3n) is 4.53. The van der Waals surface area contributed by atoms with Crippen molar-refractivity contribution in [2.75, 3.05) is 0 Å². The van der Waals surface area contributed by atoms with E-state index >= 15 is 0 Å². The fourth-order valence-electron chi connectivity index (χ4n) is 3.25. The molecule has 1 fully saturated rings. The highest BCUT2D eigenvalue weighted by molar-refractivity contribution is 5.91. The van der Waals surface area contributed by atoms with Crippen LogP contribution in [0.15, 0.2) is 60.7 Å². The average Bonchev–Trinajstić information content (AvgIpc) is 3.33. The van der Waals surface area contributed by atoms with E-state index in [1.807, 2.05) is 60.7 Å². The van der Waals surface area contributed by atoms with Crippen molar-refractivity contribution in [1.29, 1.82) is 0 Å². The van der Waals surface area contributed by atoms with Crippen molar-refractivity contribution in [3.05, 3.63) is 66.5 Å². The molecule has 1 aromatic heterocycles. The van der Waals surface area contributed by atoms with Crippen LogP contribution in [0, 0.1) is 0 Å². The minimum atomic E-state index is -0.196. The summed E-state index contributed by atoms with van der Waals surface area (Å²) in [7, 11) is 0. The molecule has 4 rings (SSSR count). The number of hydrogen-bond donors (Lipinski definition) is 1. The number of nitrogens with one attached hydrogen (secondary N) is 1. The maximum atomic E-state index is 12.6. The standard InChI is InChI=1S/C20H20N4O/c25-20(21-16-11-7-8-12-16)18-22-19(15-9-3-1-4-10-15)24(23-18)17-13-5-2-6-14-17/h1-6,9-10,13-14,16H,7-8,11-12H2,(H,21,25). The summed E-state index contributed by atoms with van der Waals surface area (Å²) >= 11 is 0. The zero-order valence-electron chi connectivity index (χ0n) is 13.9. The summed E-state index contributed by atoms with van der Waals surface area (Å²) in [5.74, 6) is 0.691. The SMILES string of the molecule is O=C(NC1CCCC1)c1nc(-c2ccccc2)n(-c2ccccc2)n1. The molecule has 1 N–H and O–H groups in total. The van der Waals surface area contributed by atoms with Crippen molar-refractivity contribution in [2.24, 2.45) is 0 Å². The van der Waals surface area contributed by atoms with E-state index in [0.717, 1.165) is 24.1 Å². The summed E-state index contributed by atoms with van der Waals surface area (Å²) < 4.78 is 1.74. The first-order valence-electron chi connectivity index (χ1n) is 8.70. The van der Waals surface area contributed by atoms with E-state index in [9.17, 15) is 4.79 Å². The Hall–Kier alpha value is -2.95. The molecule has 0 radical (unpaired) electrons. The van der Waals surface area contributed by atoms with Gasteiger partial charge in [-0.1, -0.05) is 61.4 Å². The second kappa shape index (κ2) is 6.89. The summed E-state index contributed by atoms with van der Waals surface area (Å²) in [5.41, 5.74) is 1.81. The molecule has 1 aliphatic carbocycles. The first-order chi connectivity index (χ1) is 12.3. The molecule has 0 spiro atoms. The van der Waals surface area contributed by atoms with Crippen LogP contribution in [0.2, 0.25) is 0 Å². The molecule has 2 aromatic carbocycles. The highest BCUT2D eigenvalue weighted by atomic mass is 16.2. The van der Waals surface area contributed by atoms with Crippen LogP contribution in [0.4, 0.5) is 0 Å². The van der Waals surface area contributed by atoms with Crippen LogP contribution in [0.3, 0.4) is 0 Å². The van der Waals surface area contributed by atoms with Gasteiger partial charge in [-0.25, -0.2) is 9.67 Å². The maximum absolute atomic E-state index is 12.6. The van der Waals surface area contributed by atoms with Crippen molar-refractivity contribution in [1.82, 2.24) is 20.1 Å². The topological polar surface area (TPSA) is 59.8 Å². The van der Waals surface area contributed by atoms with Crippen LogP contribution in [-0.4, -0.2) is 26.7 Å². The Morgan fingerprint density at radius 3 is 2.28 bits per heavy atom. The van der Waals surface area contributed by atoms with Gasteiger partial charge in [-0.15, -0.1) is 5.10 Å². The van der Waals surface area contributed by atoms with Gasteiger partial charge in [0.2, 0.25) is 5.82 Å². The van der Waals surface area contributed by atoms with E-state index in [4.69, 9.17) is 0 Å². The Balaban J connectivity index is 1.72. The highest BCUT2D eigenvalue weighted by Gasteiger charge is 2.22. The van der Waals surface area contributed by atoms with E-state index < -0.39 is 0 Å². The predicted octanol–water partition coefficient (Wildman–Crippen LogP) is 3.61. The lowest BCUT2D eigenvalue weighted by Crippen LogP contribution is -2.33. The number of carbonyl (C=O) groups is 1. The lowest BCUT2D eigenvalue weighted by Gasteiger charge is -2.09. The van der Waals surface area contributed by atoms with E-state index in [-0.39, 0.29) is 17.8 Å². The van der Waals surface area contributed by atoms with Crippen LogP contribution in [-0.2, 0) is 0 Å². The Bertz CT molecular complexity index is 795. The fraction of sp³-hybridized carbons (Fsp3) is 0.250. The number of aromatic nitrogens is 3. The van der Waals surface area contributed by atoms with Crippen LogP contribution in [0.25, 0.3) is 17.1 Å². The van der Waals surface area contributed by atoms with Crippen LogP contribution < -0.4 is 5.32 Å². The summed E-state index contributed by atoms with van der Waals surface area (Å²) in [5, 5.41) is 7.55. The van der Waals surface area contributed by atoms with E-state index in [1.54, 1.807) is 4.68 Å². The highest BCUT2D eigenvalue weighted by Crippen LogP contribution is 2.22. The Labute approximate surface area is 146 Å². The van der Waals surface area contributed by atoms with Crippen molar-refractivity contribution >= 4 is 5.91 Å². The predicted molar refractivity (Wildman–Crippen MR) is 96.5 cm³/mol. The molecule has 0 unspecified atom stereocenters. The molecule has 25 heavy (non-hydrogen) atoms. The van der Waals surface area contributed by atoms with Gasteiger partial charge in [0.1, 0.15) is 0 Å². The van der Waals surface area contributed by atoms with E-state index in [2.05, 4.69) is 15.4 Å². The van der Waals surface area contributed by atoms with Gasteiger partial charge in [0.15, 0.2) is 5.82 Å². The second-order valence-corrected chi connectivity index (χ2v) is 6.33. The number of nitrogens with zero attached hydrogens (tertiary/aromatic N) is 3. The van der Waals surface area contributed by atoms with Gasteiger partial charge in [0.05, 0.1) is 5.69 Å². The normalized spacial score (nSPS) is 14.6. The number of para-hydroxylation sites is 1. The average molecular weight is 332 g/mol. The van der Waals surface area contributed by atoms with Gasteiger partial charge in [-0.2, -0.15) is 0 Å². The number of benzene rings is 2. The molecule has 0 saturated heterocycles. The van der Waals surface area contributed by atoms with E-state index in [1.165, 1.54) is 12.8 Å². The molecule has 0 atom stereocenters. The molecular formula is C20H20N4O. The van der Waals surface area contributed by atoms with Crippen LogP contribution in [0.5, 0.6) is 0 Å². The summed E-state index contributed by atoms with van der Waals surface area (Å²) in [6.07, 6.45) is 4.42. The molecular weight excluding hydrogens is 312 g/mol. The van der Waals surface area contributed by atoms with Gasteiger partial charge in [-0.3, -0.25) is 4.79 Å². The molecule has 5 heteroatoms. The fourth-order valence-corrected chi connectivity index (χ4v) is 3.25. The molecule has 3 aromatic rings. The van der Waals surface area contributed by atoms with Gasteiger partial charge >= 0.3 is 0 Å². The van der Waals surface area contributed by atoms with Crippen LogP contribution >= 0.6 is 0 Å². The van der Waals surface area contributed by atoms with Crippen molar-refractivity contribution in [2.45, 2.75) is 31.7 Å². The largest absolute Gasteiger partial charge is 0.347 e. The van der Waals surface area contributed by atoms with E-state index in [0.29, 0.717) is 5.82 Å². The molecule has 126 valence electrons. The van der Waals surface area contributed by atoms with Gasteiger partial charge in [0, 0.05) is 11.6 Å². The first-order valence-corrected chi connectivity index (χ1v) is 8.70. The molecule has 5 nitrogen and oxygen atoms in total. The Morgan fingerprint density at radius 1 is 0.960 bits per heavy atom.